The first-order valence-electron chi connectivity index (χ1n) is 4.85. The average molecular weight is 282 g/mol. The van der Waals surface area contributed by atoms with Gasteiger partial charge in [-0.05, 0) is 45.8 Å². The summed E-state index contributed by atoms with van der Waals surface area (Å²) in [6.07, 6.45) is 1.62. The number of furan rings is 1. The van der Waals surface area contributed by atoms with Gasteiger partial charge in [0.2, 0.25) is 0 Å². The number of halogens is 1. The molecule has 4 heteroatoms. The van der Waals surface area contributed by atoms with Crippen LogP contribution in [0.15, 0.2) is 45.5 Å². The van der Waals surface area contributed by atoms with Crippen LogP contribution in [0, 0.1) is 0 Å². The lowest BCUT2D eigenvalue weighted by molar-refractivity contribution is 0.411. The molecule has 0 fully saturated rings. The smallest absolute Gasteiger partial charge is 0.133 e. The average Bonchev–Trinajstić information content (AvgIpc) is 2.81. The van der Waals surface area contributed by atoms with Crippen LogP contribution < -0.4 is 10.5 Å². The summed E-state index contributed by atoms with van der Waals surface area (Å²) in [6, 6.07) is 9.18. The maximum Gasteiger partial charge on any atom is 0.133 e. The van der Waals surface area contributed by atoms with Gasteiger partial charge in [0.05, 0.1) is 23.9 Å². The molecule has 2 N–H and O–H groups in total. The topological polar surface area (TPSA) is 48.4 Å². The summed E-state index contributed by atoms with van der Waals surface area (Å²) in [6.45, 7) is 0. The predicted molar refractivity (Wildman–Crippen MR) is 65.4 cm³/mol. The van der Waals surface area contributed by atoms with Crippen molar-refractivity contribution < 1.29 is 9.15 Å². The Labute approximate surface area is 102 Å². The van der Waals surface area contributed by atoms with E-state index in [9.17, 15) is 0 Å². The maximum absolute atomic E-state index is 6.07. The molecular weight excluding hydrogens is 270 g/mol. The van der Waals surface area contributed by atoms with Gasteiger partial charge in [0.25, 0.3) is 0 Å². The normalized spacial score (nSPS) is 12.4. The predicted octanol–water partition coefficient (Wildman–Crippen LogP) is 3.10. The maximum atomic E-state index is 6.07. The minimum absolute atomic E-state index is 0.253. The highest BCUT2D eigenvalue weighted by molar-refractivity contribution is 9.10. The highest BCUT2D eigenvalue weighted by Crippen LogP contribution is 2.29. The summed E-state index contributed by atoms with van der Waals surface area (Å²) in [5, 5.41) is 0. The first kappa shape index (κ1) is 11.2. The minimum Gasteiger partial charge on any atom is -0.496 e. The highest BCUT2D eigenvalue weighted by atomic mass is 79.9. The zero-order valence-corrected chi connectivity index (χ0v) is 10.4. The van der Waals surface area contributed by atoms with Crippen molar-refractivity contribution in [3.63, 3.8) is 0 Å². The van der Waals surface area contributed by atoms with Crippen molar-refractivity contribution in [2.24, 2.45) is 5.73 Å². The molecule has 0 aliphatic carbocycles. The quantitative estimate of drug-likeness (QED) is 0.941. The molecule has 1 aromatic heterocycles. The Morgan fingerprint density at radius 2 is 2.19 bits per heavy atom. The third kappa shape index (κ3) is 2.13. The molecule has 2 aromatic rings. The molecule has 1 aromatic carbocycles. The lowest BCUT2D eigenvalue weighted by atomic mass is 10.1. The Morgan fingerprint density at radius 3 is 2.75 bits per heavy atom. The summed E-state index contributed by atoms with van der Waals surface area (Å²) < 4.78 is 11.3. The van der Waals surface area contributed by atoms with Gasteiger partial charge in [-0.2, -0.15) is 0 Å². The van der Waals surface area contributed by atoms with Gasteiger partial charge in [-0.3, -0.25) is 0 Å². The van der Waals surface area contributed by atoms with Gasteiger partial charge < -0.3 is 14.9 Å². The van der Waals surface area contributed by atoms with E-state index in [2.05, 4.69) is 15.9 Å². The molecule has 0 spiro atoms. The molecule has 3 nitrogen and oxygen atoms in total. The summed E-state index contributed by atoms with van der Waals surface area (Å²) in [5.74, 6) is 1.53. The lowest BCUT2D eigenvalue weighted by Gasteiger charge is -2.11. The van der Waals surface area contributed by atoms with Crippen LogP contribution in [0.4, 0.5) is 0 Å². The number of ether oxygens (including phenoxy) is 1. The third-order valence-electron chi connectivity index (χ3n) is 2.38. The zero-order valence-electron chi connectivity index (χ0n) is 8.81. The number of methoxy groups -OCH3 is 1. The molecular formula is C12H12BrNO2. The molecule has 1 atom stereocenters. The molecule has 16 heavy (non-hydrogen) atoms. The Bertz CT molecular complexity index is 468. The van der Waals surface area contributed by atoms with Gasteiger partial charge in [-0.15, -0.1) is 0 Å². The van der Waals surface area contributed by atoms with E-state index in [0.717, 1.165) is 21.5 Å². The lowest BCUT2D eigenvalue weighted by Crippen LogP contribution is -2.10. The fraction of sp³-hybridized carbons (Fsp3) is 0.167. The number of nitrogens with two attached hydrogens (primary N) is 1. The molecule has 0 aliphatic rings. The first-order chi connectivity index (χ1) is 7.72. The van der Waals surface area contributed by atoms with E-state index in [0.29, 0.717) is 0 Å². The largest absolute Gasteiger partial charge is 0.496 e. The van der Waals surface area contributed by atoms with Crippen molar-refractivity contribution in [3.05, 3.63) is 52.4 Å². The van der Waals surface area contributed by atoms with Crippen molar-refractivity contribution in [1.82, 2.24) is 0 Å². The second-order valence-electron chi connectivity index (χ2n) is 3.39. The Morgan fingerprint density at radius 1 is 1.38 bits per heavy atom. The SMILES string of the molecule is COc1ccc(C(N)c2ccco2)cc1Br. The van der Waals surface area contributed by atoms with Crippen LogP contribution in [0.1, 0.15) is 17.4 Å². The van der Waals surface area contributed by atoms with Crippen molar-refractivity contribution in [2.45, 2.75) is 6.04 Å². The highest BCUT2D eigenvalue weighted by Gasteiger charge is 2.13. The van der Waals surface area contributed by atoms with Crippen LogP contribution in [-0.4, -0.2) is 7.11 Å². The molecule has 1 heterocycles. The van der Waals surface area contributed by atoms with Gasteiger partial charge in [0.1, 0.15) is 11.5 Å². The van der Waals surface area contributed by atoms with Crippen molar-refractivity contribution in [1.29, 1.82) is 0 Å². The summed E-state index contributed by atoms with van der Waals surface area (Å²) >= 11 is 3.43. The number of hydrogen-bond donors (Lipinski definition) is 1. The molecule has 84 valence electrons. The van der Waals surface area contributed by atoms with Crippen LogP contribution >= 0.6 is 15.9 Å². The monoisotopic (exact) mass is 281 g/mol. The summed E-state index contributed by atoms with van der Waals surface area (Å²) in [7, 11) is 1.63. The van der Waals surface area contributed by atoms with Gasteiger partial charge in [0.15, 0.2) is 0 Å². The second-order valence-corrected chi connectivity index (χ2v) is 4.24. The van der Waals surface area contributed by atoms with E-state index < -0.39 is 0 Å². The van der Waals surface area contributed by atoms with Crippen LogP contribution in [-0.2, 0) is 0 Å². The summed E-state index contributed by atoms with van der Waals surface area (Å²) in [5.41, 5.74) is 7.04. The van der Waals surface area contributed by atoms with Gasteiger partial charge in [0, 0.05) is 0 Å². The third-order valence-corrected chi connectivity index (χ3v) is 3.00. The number of rotatable bonds is 3. The van der Waals surface area contributed by atoms with E-state index in [1.807, 2.05) is 30.3 Å². The Hall–Kier alpha value is -1.26. The Kier molecular flexibility index (Phi) is 3.31. The van der Waals surface area contributed by atoms with E-state index >= 15 is 0 Å². The van der Waals surface area contributed by atoms with Gasteiger partial charge in [-0.25, -0.2) is 0 Å². The van der Waals surface area contributed by atoms with E-state index in [-0.39, 0.29) is 6.04 Å². The molecule has 1 unspecified atom stereocenters. The fourth-order valence-electron chi connectivity index (χ4n) is 1.51. The van der Waals surface area contributed by atoms with E-state index in [1.54, 1.807) is 13.4 Å². The molecule has 0 bridgehead atoms. The molecule has 0 amide bonds. The molecule has 0 saturated heterocycles. The van der Waals surface area contributed by atoms with Gasteiger partial charge in [-0.1, -0.05) is 6.07 Å². The summed E-state index contributed by atoms with van der Waals surface area (Å²) in [4.78, 5) is 0. The first-order valence-corrected chi connectivity index (χ1v) is 5.64. The van der Waals surface area contributed by atoms with Gasteiger partial charge >= 0.3 is 0 Å². The number of hydrogen-bond acceptors (Lipinski definition) is 3. The van der Waals surface area contributed by atoms with Crippen molar-refractivity contribution >= 4 is 15.9 Å². The number of benzene rings is 1. The standard InChI is InChI=1S/C12H12BrNO2/c1-15-10-5-4-8(7-9(10)13)12(14)11-3-2-6-16-11/h2-7,12H,14H2,1H3. The molecule has 2 rings (SSSR count). The van der Waals surface area contributed by atoms with E-state index in [1.165, 1.54) is 0 Å². The van der Waals surface area contributed by atoms with E-state index in [4.69, 9.17) is 14.9 Å². The second kappa shape index (κ2) is 4.72. The molecule has 0 radical (unpaired) electrons. The van der Waals surface area contributed by atoms with Crippen LogP contribution in [0.2, 0.25) is 0 Å². The minimum atomic E-state index is -0.253. The van der Waals surface area contributed by atoms with Crippen LogP contribution in [0.5, 0.6) is 5.75 Å². The van der Waals surface area contributed by atoms with Crippen molar-refractivity contribution in [3.8, 4) is 5.75 Å². The van der Waals surface area contributed by atoms with Crippen molar-refractivity contribution in [2.75, 3.05) is 7.11 Å². The zero-order chi connectivity index (χ0) is 11.5. The van der Waals surface area contributed by atoms with Crippen LogP contribution in [0.25, 0.3) is 0 Å². The fourth-order valence-corrected chi connectivity index (χ4v) is 2.07. The van der Waals surface area contributed by atoms with Crippen LogP contribution in [0.3, 0.4) is 0 Å². The molecule has 0 aliphatic heterocycles. The Balaban J connectivity index is 2.31. The molecule has 0 saturated carbocycles.